The molecule has 0 bridgehead atoms. The van der Waals surface area contributed by atoms with Crippen LogP contribution in [0.3, 0.4) is 0 Å². The smallest absolute Gasteiger partial charge is 0.322 e. The molecule has 1 unspecified atom stereocenters. The number of halogens is 1. The Morgan fingerprint density at radius 1 is 1.06 bits per heavy atom. The molecule has 0 aliphatic carbocycles. The molecular weight excluding hydrogens is 399 g/mol. The van der Waals surface area contributed by atoms with Crippen molar-refractivity contribution < 1.29 is 18.8 Å². The van der Waals surface area contributed by atoms with Gasteiger partial charge in [-0.2, -0.15) is 0 Å². The van der Waals surface area contributed by atoms with Crippen molar-refractivity contribution in [1.82, 2.24) is 10.6 Å². The number of hydrogen-bond donors (Lipinski definition) is 3. The standard InChI is InChI=1S/C23H25FN4O3/c24-18-15-17(9-10-19(18)28-13-5-2-6-14-28)25-20(29)11-12-23(16-7-3-1-4-8-16)21(30)26-22(31)27-23/h1,3-4,7-10,15H,2,5-6,11-14H2,(H,25,29)(H2,26,27,30,31). The van der Waals surface area contributed by atoms with Gasteiger partial charge in [0.1, 0.15) is 11.4 Å². The minimum Gasteiger partial charge on any atom is -0.369 e. The molecule has 2 aromatic carbocycles. The Balaban J connectivity index is 1.43. The van der Waals surface area contributed by atoms with Crippen molar-refractivity contribution in [3.63, 3.8) is 0 Å². The average molecular weight is 424 g/mol. The molecule has 2 saturated heterocycles. The van der Waals surface area contributed by atoms with E-state index >= 15 is 0 Å². The van der Waals surface area contributed by atoms with Gasteiger partial charge in [0.25, 0.3) is 5.91 Å². The molecule has 2 fully saturated rings. The minimum absolute atomic E-state index is 0.0297. The van der Waals surface area contributed by atoms with Crippen LogP contribution in [0.2, 0.25) is 0 Å². The third-order valence-electron chi connectivity index (χ3n) is 5.86. The summed E-state index contributed by atoms with van der Waals surface area (Å²) < 4.78 is 14.6. The van der Waals surface area contributed by atoms with Gasteiger partial charge in [0.2, 0.25) is 5.91 Å². The normalized spacial score (nSPS) is 20.9. The van der Waals surface area contributed by atoms with E-state index in [2.05, 4.69) is 16.0 Å². The molecule has 1 atom stereocenters. The number of urea groups is 1. The molecule has 162 valence electrons. The second-order valence-electron chi connectivity index (χ2n) is 7.94. The molecule has 0 saturated carbocycles. The average Bonchev–Trinajstić information content (AvgIpc) is 3.07. The van der Waals surface area contributed by atoms with Crippen LogP contribution in [0.15, 0.2) is 48.5 Å². The highest BCUT2D eigenvalue weighted by Crippen LogP contribution is 2.30. The van der Waals surface area contributed by atoms with Gasteiger partial charge < -0.3 is 15.5 Å². The zero-order valence-electron chi connectivity index (χ0n) is 17.1. The number of carbonyl (C=O) groups is 3. The number of piperidine rings is 1. The maximum absolute atomic E-state index is 14.6. The first kappa shape index (κ1) is 20.8. The zero-order valence-corrected chi connectivity index (χ0v) is 17.1. The van der Waals surface area contributed by atoms with E-state index in [1.54, 1.807) is 42.5 Å². The van der Waals surface area contributed by atoms with Crippen LogP contribution in [0, 0.1) is 5.82 Å². The van der Waals surface area contributed by atoms with E-state index in [0.717, 1.165) is 32.4 Å². The number of hydrogen-bond acceptors (Lipinski definition) is 4. The van der Waals surface area contributed by atoms with Gasteiger partial charge >= 0.3 is 6.03 Å². The fourth-order valence-corrected chi connectivity index (χ4v) is 4.24. The summed E-state index contributed by atoms with van der Waals surface area (Å²) in [5, 5.41) is 7.60. The Labute approximate surface area is 180 Å². The third kappa shape index (κ3) is 4.38. The first-order valence-electron chi connectivity index (χ1n) is 10.5. The maximum Gasteiger partial charge on any atom is 0.322 e. The molecule has 0 radical (unpaired) electrons. The zero-order chi connectivity index (χ0) is 21.8. The van der Waals surface area contributed by atoms with Crippen LogP contribution in [-0.4, -0.2) is 30.9 Å². The van der Waals surface area contributed by atoms with Crippen molar-refractivity contribution in [2.24, 2.45) is 0 Å². The third-order valence-corrected chi connectivity index (χ3v) is 5.86. The molecule has 4 rings (SSSR count). The predicted octanol–water partition coefficient (Wildman–Crippen LogP) is 3.27. The molecule has 0 aromatic heterocycles. The van der Waals surface area contributed by atoms with Gasteiger partial charge in [0.05, 0.1) is 5.69 Å². The number of benzene rings is 2. The second kappa shape index (κ2) is 8.75. The van der Waals surface area contributed by atoms with Crippen molar-refractivity contribution in [2.45, 2.75) is 37.6 Å². The molecule has 2 aromatic rings. The lowest BCUT2D eigenvalue weighted by Crippen LogP contribution is -2.44. The lowest BCUT2D eigenvalue weighted by Gasteiger charge is -2.29. The molecule has 4 amide bonds. The van der Waals surface area contributed by atoms with Crippen molar-refractivity contribution in [2.75, 3.05) is 23.3 Å². The van der Waals surface area contributed by atoms with Crippen molar-refractivity contribution in [3.8, 4) is 0 Å². The summed E-state index contributed by atoms with van der Waals surface area (Å²) >= 11 is 0. The molecule has 8 heteroatoms. The Morgan fingerprint density at radius 3 is 2.45 bits per heavy atom. The van der Waals surface area contributed by atoms with Crippen LogP contribution in [0.25, 0.3) is 0 Å². The van der Waals surface area contributed by atoms with Crippen LogP contribution in [0.1, 0.15) is 37.7 Å². The van der Waals surface area contributed by atoms with E-state index in [1.165, 1.54) is 6.07 Å². The lowest BCUT2D eigenvalue weighted by molar-refractivity contribution is -0.125. The first-order valence-corrected chi connectivity index (χ1v) is 10.5. The van der Waals surface area contributed by atoms with E-state index < -0.39 is 17.5 Å². The summed E-state index contributed by atoms with van der Waals surface area (Å²) in [5.41, 5.74) is 0.199. The van der Waals surface area contributed by atoms with Gasteiger partial charge in [-0.15, -0.1) is 0 Å². The summed E-state index contributed by atoms with van der Waals surface area (Å²) in [6, 6.07) is 12.9. The quantitative estimate of drug-likeness (QED) is 0.621. The highest BCUT2D eigenvalue weighted by Gasteiger charge is 2.47. The van der Waals surface area contributed by atoms with Crippen LogP contribution < -0.4 is 20.9 Å². The first-order chi connectivity index (χ1) is 15.0. The Morgan fingerprint density at radius 2 is 1.81 bits per heavy atom. The van der Waals surface area contributed by atoms with Crippen molar-refractivity contribution in [1.29, 1.82) is 0 Å². The second-order valence-corrected chi connectivity index (χ2v) is 7.94. The number of amides is 4. The number of anilines is 2. The van der Waals surface area contributed by atoms with Crippen LogP contribution >= 0.6 is 0 Å². The van der Waals surface area contributed by atoms with Crippen LogP contribution in [-0.2, 0) is 15.1 Å². The van der Waals surface area contributed by atoms with E-state index in [1.807, 2.05) is 4.90 Å². The molecule has 2 aliphatic rings. The van der Waals surface area contributed by atoms with Gasteiger partial charge in [-0.05, 0) is 49.4 Å². The SMILES string of the molecule is O=C(CCC1(c2ccccc2)NC(=O)NC1=O)Nc1ccc(N2CCCCC2)c(F)c1. The summed E-state index contributed by atoms with van der Waals surface area (Å²) in [6.45, 7) is 1.66. The molecule has 7 nitrogen and oxygen atoms in total. The predicted molar refractivity (Wildman–Crippen MR) is 115 cm³/mol. The Hall–Kier alpha value is -3.42. The number of nitrogens with zero attached hydrogens (tertiary/aromatic N) is 1. The number of nitrogens with one attached hydrogen (secondary N) is 3. The van der Waals surface area contributed by atoms with Gasteiger partial charge in [-0.3, -0.25) is 14.9 Å². The van der Waals surface area contributed by atoms with Gasteiger partial charge in [0, 0.05) is 25.2 Å². The highest BCUT2D eigenvalue weighted by atomic mass is 19.1. The molecular formula is C23H25FN4O3. The fraction of sp³-hybridized carbons (Fsp3) is 0.348. The molecule has 2 heterocycles. The Bertz CT molecular complexity index is 992. The van der Waals surface area contributed by atoms with E-state index in [-0.39, 0.29) is 24.6 Å². The minimum atomic E-state index is -1.31. The molecule has 2 aliphatic heterocycles. The van der Waals surface area contributed by atoms with E-state index in [4.69, 9.17) is 0 Å². The maximum atomic E-state index is 14.6. The molecule has 3 N–H and O–H groups in total. The largest absolute Gasteiger partial charge is 0.369 e. The van der Waals surface area contributed by atoms with Crippen molar-refractivity contribution in [3.05, 3.63) is 59.9 Å². The van der Waals surface area contributed by atoms with E-state index in [0.29, 0.717) is 16.9 Å². The summed E-state index contributed by atoms with van der Waals surface area (Å²) in [5.74, 6) is -1.23. The highest BCUT2D eigenvalue weighted by molar-refractivity contribution is 6.07. The topological polar surface area (TPSA) is 90.5 Å². The number of rotatable bonds is 6. The number of carbonyl (C=O) groups excluding carboxylic acids is 3. The monoisotopic (exact) mass is 424 g/mol. The van der Waals surface area contributed by atoms with Crippen LogP contribution in [0.5, 0.6) is 0 Å². The van der Waals surface area contributed by atoms with Crippen molar-refractivity contribution >= 4 is 29.2 Å². The van der Waals surface area contributed by atoms with Gasteiger partial charge in [-0.25, -0.2) is 9.18 Å². The van der Waals surface area contributed by atoms with Gasteiger partial charge in [0.15, 0.2) is 0 Å². The molecule has 31 heavy (non-hydrogen) atoms. The lowest BCUT2D eigenvalue weighted by atomic mass is 9.85. The van der Waals surface area contributed by atoms with E-state index in [9.17, 15) is 18.8 Å². The summed E-state index contributed by atoms with van der Waals surface area (Å²) in [4.78, 5) is 38.9. The Kier molecular flexibility index (Phi) is 5.88. The van der Waals surface area contributed by atoms with Gasteiger partial charge in [-0.1, -0.05) is 30.3 Å². The summed E-state index contributed by atoms with van der Waals surface area (Å²) in [6.07, 6.45) is 3.30. The van der Waals surface area contributed by atoms with Crippen LogP contribution in [0.4, 0.5) is 20.6 Å². The fourth-order valence-electron chi connectivity index (χ4n) is 4.24. The molecule has 0 spiro atoms. The summed E-state index contributed by atoms with van der Waals surface area (Å²) in [7, 11) is 0. The number of imide groups is 1.